The summed E-state index contributed by atoms with van der Waals surface area (Å²) in [7, 11) is 0. The maximum absolute atomic E-state index is 12.9. The zero-order chi connectivity index (χ0) is 20.0. The molecular weight excluding hydrogens is 366 g/mol. The lowest BCUT2D eigenvalue weighted by Crippen LogP contribution is -2.28. The maximum Gasteiger partial charge on any atom is 0.270 e. The molecule has 1 aliphatic carbocycles. The number of carbonyl (C=O) groups excluding carboxylic acids is 1. The Morgan fingerprint density at radius 2 is 2.17 bits per heavy atom. The number of hydrogen-bond donors (Lipinski definition) is 1. The molecule has 0 spiro atoms. The van der Waals surface area contributed by atoms with Gasteiger partial charge in [0.2, 0.25) is 11.8 Å². The fraction of sp³-hybridized carbons (Fsp3) is 0.273. The van der Waals surface area contributed by atoms with Crippen LogP contribution >= 0.6 is 0 Å². The number of nitrogens with one attached hydrogen (secondary N) is 1. The number of aromatic nitrogens is 4. The van der Waals surface area contributed by atoms with Gasteiger partial charge in [0.1, 0.15) is 11.3 Å². The van der Waals surface area contributed by atoms with Crippen molar-refractivity contribution < 1.29 is 9.21 Å². The molecule has 0 aliphatic heterocycles. The maximum atomic E-state index is 12.9. The highest BCUT2D eigenvalue weighted by Crippen LogP contribution is 2.34. The zero-order valence-electron chi connectivity index (χ0n) is 16.3. The van der Waals surface area contributed by atoms with Gasteiger partial charge in [-0.1, -0.05) is 19.1 Å². The average molecular weight is 387 g/mol. The summed E-state index contributed by atoms with van der Waals surface area (Å²) < 4.78 is 7.51. The number of imidazole rings is 1. The number of aryl methyl sites for hydroxylation is 3. The molecule has 5 rings (SSSR count). The Bertz CT molecular complexity index is 1220. The Morgan fingerprint density at radius 3 is 3.00 bits per heavy atom. The minimum Gasteiger partial charge on any atom is -0.421 e. The molecule has 3 aromatic heterocycles. The van der Waals surface area contributed by atoms with Crippen LogP contribution in [0, 0.1) is 6.92 Å². The number of carbonyl (C=O) groups is 1. The van der Waals surface area contributed by atoms with Crippen LogP contribution < -0.4 is 5.32 Å². The standard InChI is InChI=1S/C22H21N5O2/c1-3-20-25-26-22(29-20)15-5-7-16-14(10-15)6-8-17(16)24-21(28)18-11-23-19-9-4-13(2)12-27(18)19/h4-5,7,9-12,17H,3,6,8H2,1-2H3,(H,24,28)/t17-/m1/s1. The number of nitrogens with zero attached hydrogens (tertiary/aromatic N) is 4. The lowest BCUT2D eigenvalue weighted by Gasteiger charge is -2.14. The summed E-state index contributed by atoms with van der Waals surface area (Å²) in [6.07, 6.45) is 6.04. The van der Waals surface area contributed by atoms with Crippen LogP contribution in [-0.4, -0.2) is 25.5 Å². The van der Waals surface area contributed by atoms with Crippen LogP contribution in [0.25, 0.3) is 17.1 Å². The Hall–Kier alpha value is -3.48. The molecule has 1 atom stereocenters. The Balaban J connectivity index is 1.39. The Morgan fingerprint density at radius 1 is 1.28 bits per heavy atom. The van der Waals surface area contributed by atoms with Crippen LogP contribution in [0.3, 0.4) is 0 Å². The third-order valence-corrected chi connectivity index (χ3v) is 5.43. The monoisotopic (exact) mass is 387 g/mol. The summed E-state index contributed by atoms with van der Waals surface area (Å²) >= 11 is 0. The molecule has 0 saturated carbocycles. The van der Waals surface area contributed by atoms with Crippen LogP contribution in [0.15, 0.2) is 47.1 Å². The van der Waals surface area contributed by atoms with Gasteiger partial charge < -0.3 is 9.73 Å². The van der Waals surface area contributed by atoms with Gasteiger partial charge in [-0.15, -0.1) is 10.2 Å². The molecule has 0 bridgehead atoms. The van der Waals surface area contributed by atoms with E-state index in [2.05, 4.69) is 32.6 Å². The number of benzene rings is 1. The molecule has 1 N–H and O–H groups in total. The predicted molar refractivity (Wildman–Crippen MR) is 108 cm³/mol. The van der Waals surface area contributed by atoms with E-state index in [4.69, 9.17) is 4.42 Å². The smallest absolute Gasteiger partial charge is 0.270 e. The lowest BCUT2D eigenvalue weighted by molar-refractivity contribution is 0.0931. The summed E-state index contributed by atoms with van der Waals surface area (Å²) in [4.78, 5) is 17.2. The molecule has 7 heteroatoms. The number of rotatable bonds is 4. The molecule has 146 valence electrons. The second kappa shape index (κ2) is 6.84. The van der Waals surface area contributed by atoms with E-state index in [1.54, 1.807) is 6.20 Å². The summed E-state index contributed by atoms with van der Waals surface area (Å²) in [6, 6.07) is 10.0. The minimum atomic E-state index is -0.116. The fourth-order valence-electron chi connectivity index (χ4n) is 3.90. The normalized spacial score (nSPS) is 15.6. The molecular formula is C22H21N5O2. The van der Waals surface area contributed by atoms with Gasteiger partial charge in [-0.3, -0.25) is 9.20 Å². The summed E-state index contributed by atoms with van der Waals surface area (Å²) in [5.41, 5.74) is 5.66. The lowest BCUT2D eigenvalue weighted by atomic mass is 10.0. The van der Waals surface area contributed by atoms with Gasteiger partial charge in [-0.2, -0.15) is 0 Å². The molecule has 0 saturated heterocycles. The van der Waals surface area contributed by atoms with Crippen molar-refractivity contribution in [2.45, 2.75) is 39.2 Å². The van der Waals surface area contributed by atoms with Crippen LogP contribution in [0.1, 0.15) is 52.5 Å². The van der Waals surface area contributed by atoms with E-state index in [1.165, 1.54) is 5.56 Å². The summed E-state index contributed by atoms with van der Waals surface area (Å²) in [6.45, 7) is 3.98. The van der Waals surface area contributed by atoms with Crippen LogP contribution in [0.2, 0.25) is 0 Å². The summed E-state index contributed by atoms with van der Waals surface area (Å²) in [5, 5.41) is 11.3. The predicted octanol–water partition coefficient (Wildman–Crippen LogP) is 3.67. The highest BCUT2D eigenvalue weighted by Gasteiger charge is 2.26. The molecule has 0 radical (unpaired) electrons. The fourth-order valence-corrected chi connectivity index (χ4v) is 3.90. The third kappa shape index (κ3) is 3.08. The first kappa shape index (κ1) is 17.6. The third-order valence-electron chi connectivity index (χ3n) is 5.43. The van der Waals surface area contributed by atoms with E-state index < -0.39 is 0 Å². The van der Waals surface area contributed by atoms with Crippen molar-refractivity contribution in [3.05, 3.63) is 71.0 Å². The van der Waals surface area contributed by atoms with Crippen LogP contribution in [0.5, 0.6) is 0 Å². The van der Waals surface area contributed by atoms with E-state index in [0.29, 0.717) is 17.5 Å². The Kier molecular flexibility index (Phi) is 4.16. The van der Waals surface area contributed by atoms with Gasteiger partial charge in [-0.25, -0.2) is 4.98 Å². The number of amides is 1. The molecule has 4 aromatic rings. The second-order valence-corrected chi connectivity index (χ2v) is 7.41. The van der Waals surface area contributed by atoms with E-state index in [-0.39, 0.29) is 11.9 Å². The second-order valence-electron chi connectivity index (χ2n) is 7.41. The molecule has 1 aliphatic rings. The molecule has 7 nitrogen and oxygen atoms in total. The highest BCUT2D eigenvalue weighted by molar-refractivity contribution is 5.93. The van der Waals surface area contributed by atoms with Gasteiger partial charge in [0, 0.05) is 18.2 Å². The van der Waals surface area contributed by atoms with Crippen molar-refractivity contribution in [1.29, 1.82) is 0 Å². The molecule has 29 heavy (non-hydrogen) atoms. The molecule has 0 unspecified atom stereocenters. The Labute approximate surface area is 167 Å². The van der Waals surface area contributed by atoms with Crippen LogP contribution in [0.4, 0.5) is 0 Å². The van der Waals surface area contributed by atoms with Gasteiger partial charge in [0.05, 0.1) is 12.2 Å². The minimum absolute atomic E-state index is 0.0178. The van der Waals surface area contributed by atoms with Gasteiger partial charge in [0.25, 0.3) is 5.91 Å². The zero-order valence-corrected chi connectivity index (χ0v) is 16.3. The van der Waals surface area contributed by atoms with Gasteiger partial charge in [-0.05, 0) is 54.7 Å². The topological polar surface area (TPSA) is 85.3 Å². The largest absolute Gasteiger partial charge is 0.421 e. The quantitative estimate of drug-likeness (QED) is 0.577. The van der Waals surface area contributed by atoms with Crippen molar-refractivity contribution >= 4 is 11.6 Å². The van der Waals surface area contributed by atoms with E-state index in [1.807, 2.05) is 42.6 Å². The number of pyridine rings is 1. The first-order chi connectivity index (χ1) is 14.1. The number of fused-ring (bicyclic) bond motifs is 2. The molecule has 1 aromatic carbocycles. The molecule has 3 heterocycles. The van der Waals surface area contributed by atoms with Gasteiger partial charge >= 0.3 is 0 Å². The van der Waals surface area contributed by atoms with Gasteiger partial charge in [0.15, 0.2) is 0 Å². The molecule has 0 fully saturated rings. The molecule has 1 amide bonds. The first-order valence-electron chi connectivity index (χ1n) is 9.82. The highest BCUT2D eigenvalue weighted by atomic mass is 16.4. The average Bonchev–Trinajstić information content (AvgIpc) is 3.45. The first-order valence-corrected chi connectivity index (χ1v) is 9.82. The van der Waals surface area contributed by atoms with E-state index in [9.17, 15) is 4.79 Å². The SMILES string of the molecule is CCc1nnc(-c2ccc3c(c2)CC[C@H]3NC(=O)c2cnc3ccc(C)cn23)o1. The van der Waals surface area contributed by atoms with Crippen LogP contribution in [-0.2, 0) is 12.8 Å². The van der Waals surface area contributed by atoms with Crippen molar-refractivity contribution in [1.82, 2.24) is 24.9 Å². The van der Waals surface area contributed by atoms with E-state index in [0.717, 1.165) is 41.6 Å². The van der Waals surface area contributed by atoms with Crippen molar-refractivity contribution in [2.75, 3.05) is 0 Å². The number of hydrogen-bond acceptors (Lipinski definition) is 5. The van der Waals surface area contributed by atoms with E-state index >= 15 is 0 Å². The van der Waals surface area contributed by atoms with Crippen molar-refractivity contribution in [2.24, 2.45) is 0 Å². The summed E-state index contributed by atoms with van der Waals surface area (Å²) in [5.74, 6) is 1.06. The van der Waals surface area contributed by atoms with Crippen molar-refractivity contribution in [3.8, 4) is 11.5 Å². The van der Waals surface area contributed by atoms with Crippen molar-refractivity contribution in [3.63, 3.8) is 0 Å².